The lowest BCUT2D eigenvalue weighted by molar-refractivity contribution is 0.263. The van der Waals surface area contributed by atoms with Gasteiger partial charge in [0.2, 0.25) is 0 Å². The zero-order valence-electron chi connectivity index (χ0n) is 9.55. The minimum Gasteiger partial charge on any atom is -0.394 e. The van der Waals surface area contributed by atoms with Gasteiger partial charge in [-0.25, -0.2) is 13.8 Å². The van der Waals surface area contributed by atoms with Gasteiger partial charge in [0.1, 0.15) is 0 Å². The van der Waals surface area contributed by atoms with Crippen LogP contribution in [0.2, 0.25) is 0 Å². The number of aliphatic hydroxyl groups is 1. The molecule has 0 spiro atoms. The first-order chi connectivity index (χ1) is 8.61. The number of imidazole rings is 1. The zero-order chi connectivity index (χ0) is 13.1. The summed E-state index contributed by atoms with van der Waals surface area (Å²) >= 11 is 0. The summed E-state index contributed by atoms with van der Waals surface area (Å²) in [6, 6.07) is 3.15. The van der Waals surface area contributed by atoms with Crippen LogP contribution in [-0.2, 0) is 6.54 Å². The molecule has 1 aromatic carbocycles. The molecule has 18 heavy (non-hydrogen) atoms. The fourth-order valence-electron chi connectivity index (χ4n) is 1.70. The second-order valence-corrected chi connectivity index (χ2v) is 3.98. The van der Waals surface area contributed by atoms with Gasteiger partial charge < -0.3 is 15.4 Å². The quantitative estimate of drug-likeness (QED) is 0.860. The molecule has 0 aliphatic heterocycles. The molecule has 0 saturated heterocycles. The first-order valence-electron chi connectivity index (χ1n) is 5.42. The lowest BCUT2D eigenvalue weighted by Gasteiger charge is -2.12. The highest BCUT2D eigenvalue weighted by atomic mass is 19.2. The van der Waals surface area contributed by atoms with Crippen LogP contribution in [0.25, 0.3) is 0 Å². The number of halogens is 2. The standard InChI is InChI=1S/C12H13F2N3O/c13-9-2-1-8(3-10(9)14)5-17-7-16-4-12(17)11(15)6-18/h1-4,7,11,18H,5-6,15H2. The highest BCUT2D eigenvalue weighted by Crippen LogP contribution is 2.14. The lowest BCUT2D eigenvalue weighted by atomic mass is 10.2. The van der Waals surface area contributed by atoms with Gasteiger partial charge in [0.15, 0.2) is 11.6 Å². The van der Waals surface area contributed by atoms with Crippen molar-refractivity contribution < 1.29 is 13.9 Å². The second-order valence-electron chi connectivity index (χ2n) is 3.98. The first kappa shape index (κ1) is 12.7. The smallest absolute Gasteiger partial charge is 0.159 e. The van der Waals surface area contributed by atoms with Gasteiger partial charge in [0, 0.05) is 12.7 Å². The molecule has 1 aromatic heterocycles. The monoisotopic (exact) mass is 253 g/mol. The topological polar surface area (TPSA) is 64.1 Å². The first-order valence-corrected chi connectivity index (χ1v) is 5.42. The molecule has 0 bridgehead atoms. The summed E-state index contributed by atoms with van der Waals surface area (Å²) in [6.45, 7) is 0.115. The van der Waals surface area contributed by atoms with E-state index in [1.807, 2.05) is 0 Å². The summed E-state index contributed by atoms with van der Waals surface area (Å²) in [5.41, 5.74) is 6.94. The fraction of sp³-hybridized carbons (Fsp3) is 0.250. The number of hydrogen-bond acceptors (Lipinski definition) is 3. The van der Waals surface area contributed by atoms with Crippen LogP contribution in [0.3, 0.4) is 0 Å². The molecule has 0 aliphatic carbocycles. The van der Waals surface area contributed by atoms with Crippen LogP contribution in [0.1, 0.15) is 17.3 Å². The van der Waals surface area contributed by atoms with Crippen molar-refractivity contribution >= 4 is 0 Å². The third-order valence-corrected chi connectivity index (χ3v) is 2.66. The van der Waals surface area contributed by atoms with E-state index in [2.05, 4.69) is 4.98 Å². The van der Waals surface area contributed by atoms with Crippen molar-refractivity contribution in [3.63, 3.8) is 0 Å². The van der Waals surface area contributed by atoms with Crippen LogP contribution in [0.15, 0.2) is 30.7 Å². The van der Waals surface area contributed by atoms with E-state index in [4.69, 9.17) is 10.8 Å². The summed E-state index contributed by atoms with van der Waals surface area (Å²) < 4.78 is 27.5. The van der Waals surface area contributed by atoms with Crippen LogP contribution in [-0.4, -0.2) is 21.3 Å². The molecule has 6 heteroatoms. The fourth-order valence-corrected chi connectivity index (χ4v) is 1.70. The Morgan fingerprint density at radius 2 is 2.11 bits per heavy atom. The predicted octanol–water partition coefficient (Wildman–Crippen LogP) is 1.20. The summed E-state index contributed by atoms with van der Waals surface area (Å²) in [7, 11) is 0. The van der Waals surface area contributed by atoms with Gasteiger partial charge in [-0.05, 0) is 17.7 Å². The number of aliphatic hydroxyl groups excluding tert-OH is 1. The third-order valence-electron chi connectivity index (χ3n) is 2.66. The van der Waals surface area contributed by atoms with Gasteiger partial charge in [-0.3, -0.25) is 0 Å². The van der Waals surface area contributed by atoms with Crippen molar-refractivity contribution in [2.75, 3.05) is 6.61 Å². The van der Waals surface area contributed by atoms with E-state index in [1.165, 1.54) is 12.4 Å². The van der Waals surface area contributed by atoms with Crippen molar-refractivity contribution in [1.82, 2.24) is 9.55 Å². The van der Waals surface area contributed by atoms with E-state index < -0.39 is 17.7 Å². The number of benzene rings is 1. The summed E-state index contributed by atoms with van der Waals surface area (Å²) in [5, 5.41) is 9.00. The van der Waals surface area contributed by atoms with Gasteiger partial charge in [-0.1, -0.05) is 6.07 Å². The molecule has 0 radical (unpaired) electrons. The molecule has 0 amide bonds. The summed E-state index contributed by atoms with van der Waals surface area (Å²) in [6.07, 6.45) is 3.08. The van der Waals surface area contributed by atoms with Crippen LogP contribution in [0, 0.1) is 11.6 Å². The number of nitrogens with zero attached hydrogens (tertiary/aromatic N) is 2. The van der Waals surface area contributed by atoms with Gasteiger partial charge in [0.25, 0.3) is 0 Å². The highest BCUT2D eigenvalue weighted by Gasteiger charge is 2.11. The predicted molar refractivity (Wildman–Crippen MR) is 61.7 cm³/mol. The zero-order valence-corrected chi connectivity index (χ0v) is 9.55. The molecule has 2 rings (SSSR count). The van der Waals surface area contributed by atoms with Crippen LogP contribution in [0.4, 0.5) is 8.78 Å². The van der Waals surface area contributed by atoms with Crippen molar-refractivity contribution in [2.45, 2.75) is 12.6 Å². The molecule has 3 N–H and O–H groups in total. The average Bonchev–Trinajstić information content (AvgIpc) is 2.81. The minimum absolute atomic E-state index is 0.205. The van der Waals surface area contributed by atoms with Crippen molar-refractivity contribution in [3.8, 4) is 0 Å². The average molecular weight is 253 g/mol. The van der Waals surface area contributed by atoms with Crippen LogP contribution in [0.5, 0.6) is 0 Å². The maximum atomic E-state index is 13.1. The molecule has 96 valence electrons. The minimum atomic E-state index is -0.888. The maximum Gasteiger partial charge on any atom is 0.159 e. The third kappa shape index (κ3) is 2.55. The molecule has 2 aromatic rings. The van der Waals surface area contributed by atoms with E-state index in [0.717, 1.165) is 12.1 Å². The molecule has 1 atom stereocenters. The molecular weight excluding hydrogens is 240 g/mol. The van der Waals surface area contributed by atoms with Crippen molar-refractivity contribution in [2.24, 2.45) is 5.73 Å². The Morgan fingerprint density at radius 1 is 1.33 bits per heavy atom. The molecule has 0 aliphatic rings. The Bertz CT molecular complexity index is 542. The normalized spacial score (nSPS) is 12.7. The van der Waals surface area contributed by atoms with E-state index in [-0.39, 0.29) is 6.61 Å². The Balaban J connectivity index is 2.23. The second kappa shape index (κ2) is 5.24. The van der Waals surface area contributed by atoms with Gasteiger partial charge in [-0.15, -0.1) is 0 Å². The highest BCUT2D eigenvalue weighted by molar-refractivity contribution is 5.19. The van der Waals surface area contributed by atoms with Crippen LogP contribution < -0.4 is 5.73 Å². The Labute approximate surface area is 103 Å². The molecule has 1 unspecified atom stereocenters. The van der Waals surface area contributed by atoms with Crippen LogP contribution >= 0.6 is 0 Å². The summed E-state index contributed by atoms with van der Waals surface area (Å²) in [4.78, 5) is 3.93. The van der Waals surface area contributed by atoms with Crippen molar-refractivity contribution in [3.05, 3.63) is 53.6 Å². The van der Waals surface area contributed by atoms with Gasteiger partial charge in [0.05, 0.1) is 24.7 Å². The number of rotatable bonds is 4. The van der Waals surface area contributed by atoms with Gasteiger partial charge >= 0.3 is 0 Å². The van der Waals surface area contributed by atoms with E-state index >= 15 is 0 Å². The molecule has 0 saturated carbocycles. The molecule has 4 nitrogen and oxygen atoms in total. The Hall–Kier alpha value is -1.79. The maximum absolute atomic E-state index is 13.1. The van der Waals surface area contributed by atoms with E-state index in [9.17, 15) is 8.78 Å². The van der Waals surface area contributed by atoms with Gasteiger partial charge in [-0.2, -0.15) is 0 Å². The van der Waals surface area contributed by atoms with Crippen molar-refractivity contribution in [1.29, 1.82) is 0 Å². The number of hydrogen-bond donors (Lipinski definition) is 2. The molecular formula is C12H13F2N3O. The Kier molecular flexibility index (Phi) is 3.69. The summed E-state index contributed by atoms with van der Waals surface area (Å²) in [5.74, 6) is -1.77. The van der Waals surface area contributed by atoms with E-state index in [0.29, 0.717) is 17.8 Å². The number of aromatic nitrogens is 2. The number of nitrogens with two attached hydrogens (primary N) is 1. The Morgan fingerprint density at radius 3 is 2.78 bits per heavy atom. The lowest BCUT2D eigenvalue weighted by Crippen LogP contribution is -2.19. The molecule has 0 fully saturated rings. The molecule has 1 heterocycles. The largest absolute Gasteiger partial charge is 0.394 e. The van der Waals surface area contributed by atoms with E-state index in [1.54, 1.807) is 10.8 Å². The SMILES string of the molecule is NC(CO)c1cncn1Cc1ccc(F)c(F)c1.